The second-order valence-electron chi connectivity index (χ2n) is 13.0. The van der Waals surface area contributed by atoms with Gasteiger partial charge in [-0.3, -0.25) is 0 Å². The van der Waals surface area contributed by atoms with Gasteiger partial charge in [0.05, 0.1) is 11.4 Å². The van der Waals surface area contributed by atoms with Crippen LogP contribution in [0.1, 0.15) is 0 Å². The summed E-state index contributed by atoms with van der Waals surface area (Å²) >= 11 is 3.71. The van der Waals surface area contributed by atoms with Crippen molar-refractivity contribution in [3.8, 4) is 11.1 Å². The fourth-order valence-corrected chi connectivity index (χ4v) is 9.64. The molecule has 0 fully saturated rings. The van der Waals surface area contributed by atoms with Gasteiger partial charge in [-0.15, -0.1) is 22.7 Å². The van der Waals surface area contributed by atoms with Crippen molar-refractivity contribution >= 4 is 97.1 Å². The van der Waals surface area contributed by atoms with E-state index >= 15 is 0 Å². The summed E-state index contributed by atoms with van der Waals surface area (Å²) in [6, 6.07) is 70.5. The van der Waals surface area contributed by atoms with Crippen LogP contribution in [0.2, 0.25) is 0 Å². The normalized spacial score (nSPS) is 11.5. The van der Waals surface area contributed by atoms with Gasteiger partial charge in [0.15, 0.2) is 0 Å². The summed E-state index contributed by atoms with van der Waals surface area (Å²) in [6.45, 7) is 0. The number of benzene rings is 8. The first kappa shape index (κ1) is 30.6. The van der Waals surface area contributed by atoms with Crippen molar-refractivity contribution in [1.29, 1.82) is 0 Å². The number of thiophene rings is 2. The summed E-state index contributed by atoms with van der Waals surface area (Å²) in [4.78, 5) is 4.81. The summed E-state index contributed by atoms with van der Waals surface area (Å²) in [7, 11) is 0. The molecular weight excluding hydrogens is 669 g/mol. The van der Waals surface area contributed by atoms with Crippen molar-refractivity contribution < 1.29 is 0 Å². The zero-order valence-electron chi connectivity index (χ0n) is 28.2. The standard InChI is InChI=1S/C48H32N2S2/c1-4-14-35(15-5-1)49(36-16-6-2-7-17-36)43-28-24-34(33-25-29-47-42(30-33)40-21-11-13-23-46(40)51-47)31-44(43)50(37-18-8-3-9-19-37)38-26-27-41-39-20-10-12-22-45(39)52-48(41)32-38/h1-32H. The number of hydrogen-bond donors (Lipinski definition) is 0. The molecule has 4 heteroatoms. The molecule has 2 nitrogen and oxygen atoms in total. The Kier molecular flexibility index (Phi) is 7.56. The Labute approximate surface area is 310 Å². The van der Waals surface area contributed by atoms with Gasteiger partial charge in [-0.05, 0) is 96.1 Å². The Morgan fingerprint density at radius 3 is 1.37 bits per heavy atom. The summed E-state index contributed by atoms with van der Waals surface area (Å²) in [6.07, 6.45) is 0. The van der Waals surface area contributed by atoms with Gasteiger partial charge < -0.3 is 9.80 Å². The predicted octanol–water partition coefficient (Wildman–Crippen LogP) is 15.0. The monoisotopic (exact) mass is 700 g/mol. The lowest BCUT2D eigenvalue weighted by molar-refractivity contribution is 1.23. The van der Waals surface area contributed by atoms with Crippen molar-refractivity contribution in [3.63, 3.8) is 0 Å². The number of anilines is 6. The van der Waals surface area contributed by atoms with Gasteiger partial charge in [0.1, 0.15) is 0 Å². The van der Waals surface area contributed by atoms with E-state index in [0.717, 1.165) is 34.1 Å². The van der Waals surface area contributed by atoms with Gasteiger partial charge in [-0.25, -0.2) is 0 Å². The van der Waals surface area contributed by atoms with E-state index in [4.69, 9.17) is 0 Å². The van der Waals surface area contributed by atoms with Gasteiger partial charge in [0.25, 0.3) is 0 Å². The maximum Gasteiger partial charge on any atom is 0.0708 e. The SMILES string of the molecule is c1ccc(N(c2ccccc2)c2ccc(-c3ccc4sc5ccccc5c4c3)cc2N(c2ccccc2)c2ccc3c(c2)sc2ccccc23)cc1. The fourth-order valence-electron chi connectivity index (χ4n) is 7.42. The molecule has 10 aromatic rings. The van der Waals surface area contributed by atoms with Gasteiger partial charge in [-0.2, -0.15) is 0 Å². The molecule has 0 aliphatic rings. The van der Waals surface area contributed by atoms with E-state index in [-0.39, 0.29) is 0 Å². The quantitative estimate of drug-likeness (QED) is 0.163. The molecule has 246 valence electrons. The van der Waals surface area contributed by atoms with E-state index in [1.807, 2.05) is 22.7 Å². The van der Waals surface area contributed by atoms with Crippen LogP contribution in [0.5, 0.6) is 0 Å². The molecule has 0 aliphatic heterocycles. The fraction of sp³-hybridized carbons (Fsp3) is 0. The van der Waals surface area contributed by atoms with E-state index in [1.165, 1.54) is 51.5 Å². The second-order valence-corrected chi connectivity index (χ2v) is 15.1. The van der Waals surface area contributed by atoms with Gasteiger partial charge in [-0.1, -0.05) is 109 Å². The third kappa shape index (κ3) is 5.32. The molecule has 52 heavy (non-hydrogen) atoms. The van der Waals surface area contributed by atoms with Gasteiger partial charge in [0.2, 0.25) is 0 Å². The number of para-hydroxylation sites is 3. The van der Waals surface area contributed by atoms with Crippen LogP contribution < -0.4 is 9.80 Å². The molecule has 0 radical (unpaired) electrons. The molecule has 0 bridgehead atoms. The Morgan fingerprint density at radius 1 is 0.269 bits per heavy atom. The summed E-state index contributed by atoms with van der Waals surface area (Å²) in [5, 5.41) is 5.20. The molecule has 0 unspecified atom stereocenters. The highest BCUT2D eigenvalue weighted by Crippen LogP contribution is 2.48. The van der Waals surface area contributed by atoms with Crippen LogP contribution in [0.4, 0.5) is 34.1 Å². The highest BCUT2D eigenvalue weighted by atomic mass is 32.1. The number of fused-ring (bicyclic) bond motifs is 6. The number of nitrogens with zero attached hydrogens (tertiary/aromatic N) is 2. The van der Waals surface area contributed by atoms with Crippen LogP contribution in [0.15, 0.2) is 194 Å². The molecular formula is C48H32N2S2. The molecule has 0 saturated heterocycles. The van der Waals surface area contributed by atoms with Crippen LogP contribution in [-0.4, -0.2) is 0 Å². The van der Waals surface area contributed by atoms with Crippen LogP contribution in [0.25, 0.3) is 51.5 Å². The molecule has 0 atom stereocenters. The highest BCUT2D eigenvalue weighted by molar-refractivity contribution is 7.26. The topological polar surface area (TPSA) is 6.48 Å². The zero-order valence-corrected chi connectivity index (χ0v) is 29.8. The smallest absolute Gasteiger partial charge is 0.0708 e. The molecule has 8 aromatic carbocycles. The van der Waals surface area contributed by atoms with Crippen molar-refractivity contribution in [1.82, 2.24) is 0 Å². The molecule has 2 aromatic heterocycles. The van der Waals surface area contributed by atoms with Gasteiger partial charge in [0, 0.05) is 63.1 Å². The summed E-state index contributed by atoms with van der Waals surface area (Å²) in [5.74, 6) is 0. The lowest BCUT2D eigenvalue weighted by atomic mass is 10.00. The largest absolute Gasteiger partial charge is 0.308 e. The minimum Gasteiger partial charge on any atom is -0.308 e. The Hall–Kier alpha value is -6.20. The molecule has 2 heterocycles. The molecule has 0 spiro atoms. The lowest BCUT2D eigenvalue weighted by Gasteiger charge is -2.33. The second kappa shape index (κ2) is 12.8. The Morgan fingerprint density at radius 2 is 0.731 bits per heavy atom. The maximum absolute atomic E-state index is 2.43. The number of hydrogen-bond acceptors (Lipinski definition) is 4. The summed E-state index contributed by atoms with van der Waals surface area (Å²) < 4.78 is 5.21. The van der Waals surface area contributed by atoms with Crippen molar-refractivity contribution in [2.24, 2.45) is 0 Å². The van der Waals surface area contributed by atoms with Crippen LogP contribution in [0.3, 0.4) is 0 Å². The zero-order chi connectivity index (χ0) is 34.4. The van der Waals surface area contributed by atoms with Crippen molar-refractivity contribution in [2.45, 2.75) is 0 Å². The van der Waals surface area contributed by atoms with E-state index in [1.54, 1.807) is 0 Å². The minimum atomic E-state index is 1.09. The maximum atomic E-state index is 2.43. The average Bonchev–Trinajstić information content (AvgIpc) is 3.77. The first-order valence-electron chi connectivity index (χ1n) is 17.5. The van der Waals surface area contributed by atoms with E-state index in [2.05, 4.69) is 204 Å². The van der Waals surface area contributed by atoms with E-state index in [0.29, 0.717) is 0 Å². The predicted molar refractivity (Wildman–Crippen MR) is 227 cm³/mol. The highest BCUT2D eigenvalue weighted by Gasteiger charge is 2.24. The minimum absolute atomic E-state index is 1.09. The number of rotatable bonds is 7. The van der Waals surface area contributed by atoms with E-state index < -0.39 is 0 Å². The molecule has 0 amide bonds. The lowest BCUT2D eigenvalue weighted by Crippen LogP contribution is -2.17. The average molecular weight is 701 g/mol. The molecule has 0 aliphatic carbocycles. The van der Waals surface area contributed by atoms with Crippen molar-refractivity contribution in [3.05, 3.63) is 194 Å². The molecule has 0 N–H and O–H groups in total. The van der Waals surface area contributed by atoms with E-state index in [9.17, 15) is 0 Å². The molecule has 10 rings (SSSR count). The third-order valence-corrected chi connectivity index (χ3v) is 12.1. The first-order valence-corrected chi connectivity index (χ1v) is 19.1. The van der Waals surface area contributed by atoms with Crippen LogP contribution in [-0.2, 0) is 0 Å². The Balaban J connectivity index is 1.24. The summed E-state index contributed by atoms with van der Waals surface area (Å²) in [5.41, 5.74) is 8.95. The first-order chi connectivity index (χ1) is 25.8. The Bertz CT molecular complexity index is 2820. The van der Waals surface area contributed by atoms with Crippen molar-refractivity contribution in [2.75, 3.05) is 9.80 Å². The van der Waals surface area contributed by atoms with Gasteiger partial charge >= 0.3 is 0 Å². The van der Waals surface area contributed by atoms with Crippen LogP contribution >= 0.6 is 22.7 Å². The van der Waals surface area contributed by atoms with Crippen LogP contribution in [0, 0.1) is 0 Å². The molecule has 0 saturated carbocycles. The third-order valence-electron chi connectivity index (χ3n) is 9.83.